The van der Waals surface area contributed by atoms with Crippen LogP contribution < -0.4 is 0 Å². The van der Waals surface area contributed by atoms with E-state index in [0.717, 1.165) is 0 Å². The maximum Gasteiger partial charge on any atom is 0.0125 e. The molecule has 0 saturated carbocycles. The highest BCUT2D eigenvalue weighted by molar-refractivity contribution is 4.79. The predicted octanol–water partition coefficient (Wildman–Crippen LogP) is 3.30. The minimum absolute atomic E-state index is 0.413. The summed E-state index contributed by atoms with van der Waals surface area (Å²) in [5, 5.41) is 0. The van der Waals surface area contributed by atoms with Crippen molar-refractivity contribution >= 4 is 0 Å². The van der Waals surface area contributed by atoms with Gasteiger partial charge in [0.1, 0.15) is 0 Å². The quantitative estimate of drug-likeness (QED) is 0.540. The Kier molecular flexibility index (Phi) is 5.56. The van der Waals surface area contributed by atoms with E-state index >= 15 is 0 Å². The van der Waals surface area contributed by atoms with Gasteiger partial charge in [-0.15, -0.1) is 0 Å². The highest BCUT2D eigenvalue weighted by Crippen LogP contribution is 2.19. The average Bonchev–Trinajstić information content (AvgIpc) is 2.36. The Bertz CT molecular complexity index is 96.1. The van der Waals surface area contributed by atoms with Gasteiger partial charge >= 0.3 is 0 Å². The summed E-state index contributed by atoms with van der Waals surface area (Å²) in [6, 6.07) is 0. The standard InChI is InChI=1S/C8H17N.C3H8/c1-8(2,3)9-6-4-5-7-9;1-3-2/h4-7H2,1-3H3;3H2,1-2H3. The molecule has 0 amide bonds. The molecule has 1 aliphatic heterocycles. The summed E-state index contributed by atoms with van der Waals surface area (Å²) in [6.07, 6.45) is 4.05. The topological polar surface area (TPSA) is 3.24 Å². The Balaban J connectivity index is 0.000000354. The van der Waals surface area contributed by atoms with E-state index in [2.05, 4.69) is 39.5 Å². The molecule has 0 unspecified atom stereocenters. The van der Waals surface area contributed by atoms with Crippen LogP contribution in [-0.2, 0) is 0 Å². The normalized spacial score (nSPS) is 18.8. The molecule has 0 radical (unpaired) electrons. The monoisotopic (exact) mass is 171 g/mol. The van der Waals surface area contributed by atoms with Crippen molar-refractivity contribution in [2.24, 2.45) is 0 Å². The minimum Gasteiger partial charge on any atom is -0.298 e. The van der Waals surface area contributed by atoms with Gasteiger partial charge in [-0.25, -0.2) is 0 Å². The van der Waals surface area contributed by atoms with Crippen LogP contribution in [0.15, 0.2) is 0 Å². The molecule has 1 rings (SSSR count). The van der Waals surface area contributed by atoms with Crippen LogP contribution in [0.3, 0.4) is 0 Å². The lowest BCUT2D eigenvalue weighted by Gasteiger charge is -2.31. The van der Waals surface area contributed by atoms with Crippen LogP contribution in [0, 0.1) is 0 Å². The maximum absolute atomic E-state index is 2.55. The van der Waals surface area contributed by atoms with E-state index in [0.29, 0.717) is 5.54 Å². The first-order valence-corrected chi connectivity index (χ1v) is 5.27. The van der Waals surface area contributed by atoms with Crippen LogP contribution in [0.1, 0.15) is 53.9 Å². The Morgan fingerprint density at radius 3 is 1.50 bits per heavy atom. The summed E-state index contributed by atoms with van der Waals surface area (Å²) in [6.45, 7) is 13.7. The second kappa shape index (κ2) is 5.58. The van der Waals surface area contributed by atoms with Gasteiger partial charge in [-0.05, 0) is 46.7 Å². The zero-order valence-electron chi connectivity index (χ0n) is 9.48. The van der Waals surface area contributed by atoms with E-state index in [1.54, 1.807) is 0 Å². The van der Waals surface area contributed by atoms with Gasteiger partial charge in [0.2, 0.25) is 0 Å². The summed E-state index contributed by atoms with van der Waals surface area (Å²) in [7, 11) is 0. The van der Waals surface area contributed by atoms with Crippen molar-refractivity contribution in [3.8, 4) is 0 Å². The van der Waals surface area contributed by atoms with E-state index in [1.165, 1.54) is 32.4 Å². The molecule has 12 heavy (non-hydrogen) atoms. The molecule has 0 aromatic heterocycles. The molecule has 0 N–H and O–H groups in total. The molecule has 0 aromatic carbocycles. The molecule has 1 saturated heterocycles. The highest BCUT2D eigenvalue weighted by Gasteiger charge is 2.23. The number of likely N-dealkylation sites (tertiary alicyclic amines) is 1. The fourth-order valence-electron chi connectivity index (χ4n) is 1.39. The zero-order chi connectivity index (χ0) is 9.61. The van der Waals surface area contributed by atoms with Crippen molar-refractivity contribution in [3.63, 3.8) is 0 Å². The lowest BCUT2D eigenvalue weighted by atomic mass is 10.1. The lowest BCUT2D eigenvalue weighted by molar-refractivity contribution is 0.175. The SMILES string of the molecule is CC(C)(C)N1CCCC1.CCC. The molecule has 0 aliphatic carbocycles. The van der Waals surface area contributed by atoms with Gasteiger partial charge in [-0.1, -0.05) is 20.3 Å². The first kappa shape index (κ1) is 12.0. The number of nitrogens with zero attached hydrogens (tertiary/aromatic N) is 1. The van der Waals surface area contributed by atoms with E-state index in [1.807, 2.05) is 0 Å². The van der Waals surface area contributed by atoms with Crippen LogP contribution in [-0.4, -0.2) is 23.5 Å². The fourth-order valence-corrected chi connectivity index (χ4v) is 1.39. The Morgan fingerprint density at radius 1 is 1.00 bits per heavy atom. The average molecular weight is 171 g/mol. The van der Waals surface area contributed by atoms with E-state index < -0.39 is 0 Å². The summed E-state index contributed by atoms with van der Waals surface area (Å²) in [4.78, 5) is 2.55. The third-order valence-electron chi connectivity index (χ3n) is 2.05. The summed E-state index contributed by atoms with van der Waals surface area (Å²) < 4.78 is 0. The molecule has 1 fully saturated rings. The van der Waals surface area contributed by atoms with Crippen molar-refractivity contribution in [1.82, 2.24) is 4.90 Å². The zero-order valence-corrected chi connectivity index (χ0v) is 9.48. The second-order valence-corrected chi connectivity index (χ2v) is 4.57. The van der Waals surface area contributed by atoms with Gasteiger partial charge in [-0.3, -0.25) is 4.90 Å². The van der Waals surface area contributed by atoms with Crippen molar-refractivity contribution in [2.45, 2.75) is 59.4 Å². The molecule has 1 heteroatoms. The second-order valence-electron chi connectivity index (χ2n) is 4.57. The first-order chi connectivity index (χ1) is 5.52. The smallest absolute Gasteiger partial charge is 0.0125 e. The summed E-state index contributed by atoms with van der Waals surface area (Å²) >= 11 is 0. The van der Waals surface area contributed by atoms with Crippen molar-refractivity contribution in [3.05, 3.63) is 0 Å². The van der Waals surface area contributed by atoms with Gasteiger partial charge in [0.15, 0.2) is 0 Å². The van der Waals surface area contributed by atoms with Crippen molar-refractivity contribution in [1.29, 1.82) is 0 Å². The van der Waals surface area contributed by atoms with Crippen LogP contribution >= 0.6 is 0 Å². The minimum atomic E-state index is 0.413. The van der Waals surface area contributed by atoms with Crippen LogP contribution in [0.5, 0.6) is 0 Å². The number of hydrogen-bond acceptors (Lipinski definition) is 1. The predicted molar refractivity (Wildman–Crippen MR) is 56.5 cm³/mol. The largest absolute Gasteiger partial charge is 0.298 e. The Labute approximate surface area is 78.1 Å². The first-order valence-electron chi connectivity index (χ1n) is 5.27. The van der Waals surface area contributed by atoms with Gasteiger partial charge in [-0.2, -0.15) is 0 Å². The van der Waals surface area contributed by atoms with Gasteiger partial charge in [0.05, 0.1) is 0 Å². The molecule has 0 spiro atoms. The van der Waals surface area contributed by atoms with Gasteiger partial charge < -0.3 is 0 Å². The van der Waals surface area contributed by atoms with Crippen LogP contribution in [0.2, 0.25) is 0 Å². The number of rotatable bonds is 0. The molecule has 1 heterocycles. The molecular weight excluding hydrogens is 146 g/mol. The van der Waals surface area contributed by atoms with Crippen molar-refractivity contribution in [2.75, 3.05) is 13.1 Å². The molecule has 74 valence electrons. The van der Waals surface area contributed by atoms with Crippen molar-refractivity contribution < 1.29 is 0 Å². The Hall–Kier alpha value is -0.0400. The summed E-state index contributed by atoms with van der Waals surface area (Å²) in [5.74, 6) is 0. The molecular formula is C11H25N. The van der Waals surface area contributed by atoms with E-state index in [9.17, 15) is 0 Å². The molecule has 0 bridgehead atoms. The Morgan fingerprint density at radius 2 is 1.33 bits per heavy atom. The van der Waals surface area contributed by atoms with Gasteiger partial charge in [0, 0.05) is 5.54 Å². The van der Waals surface area contributed by atoms with Crippen LogP contribution in [0.4, 0.5) is 0 Å². The van der Waals surface area contributed by atoms with Crippen LogP contribution in [0.25, 0.3) is 0 Å². The lowest BCUT2D eigenvalue weighted by Crippen LogP contribution is -2.38. The third-order valence-corrected chi connectivity index (χ3v) is 2.05. The number of hydrogen-bond donors (Lipinski definition) is 0. The molecule has 0 aromatic rings. The maximum atomic E-state index is 2.55. The third kappa shape index (κ3) is 4.76. The highest BCUT2D eigenvalue weighted by atomic mass is 15.2. The summed E-state index contributed by atoms with van der Waals surface area (Å²) in [5.41, 5.74) is 0.413. The van der Waals surface area contributed by atoms with E-state index in [-0.39, 0.29) is 0 Å². The van der Waals surface area contributed by atoms with E-state index in [4.69, 9.17) is 0 Å². The molecule has 0 atom stereocenters. The fraction of sp³-hybridized carbons (Fsp3) is 1.00. The molecule has 1 nitrogen and oxygen atoms in total. The van der Waals surface area contributed by atoms with Gasteiger partial charge in [0.25, 0.3) is 0 Å². The molecule has 1 aliphatic rings.